The SMILES string of the molecule is Cc1cccc2c(NCCCN3CCN(C)CC3)nc(-c3cc(Br)cc(CF)c3)nc12. The van der Waals surface area contributed by atoms with Crippen LogP contribution in [0, 0.1) is 6.92 Å². The summed E-state index contributed by atoms with van der Waals surface area (Å²) in [5, 5.41) is 4.56. The Labute approximate surface area is 191 Å². The Morgan fingerprint density at radius 2 is 1.90 bits per heavy atom. The van der Waals surface area contributed by atoms with Crippen LogP contribution >= 0.6 is 15.9 Å². The number of aryl methyl sites for hydroxylation is 1. The van der Waals surface area contributed by atoms with Crippen LogP contribution in [-0.2, 0) is 6.67 Å². The molecule has 1 saturated heterocycles. The number of halogens is 2. The quantitative estimate of drug-likeness (QED) is 0.482. The van der Waals surface area contributed by atoms with Crippen LogP contribution in [0.1, 0.15) is 17.5 Å². The number of likely N-dealkylation sites (N-methyl/N-ethyl adjacent to an activating group) is 1. The van der Waals surface area contributed by atoms with Crippen molar-refractivity contribution in [2.24, 2.45) is 0 Å². The number of fused-ring (bicyclic) bond motifs is 1. The monoisotopic (exact) mass is 485 g/mol. The predicted octanol–water partition coefficient (Wildman–Crippen LogP) is 4.89. The molecule has 0 radical (unpaired) electrons. The summed E-state index contributed by atoms with van der Waals surface area (Å²) in [4.78, 5) is 14.6. The molecule has 7 heteroatoms. The molecule has 0 unspecified atom stereocenters. The maximum Gasteiger partial charge on any atom is 0.162 e. The fourth-order valence-corrected chi connectivity index (χ4v) is 4.54. The molecular formula is C24H29BrFN5. The fraction of sp³-hybridized carbons (Fsp3) is 0.417. The zero-order valence-corrected chi connectivity index (χ0v) is 19.8. The Bertz CT molecular complexity index is 1050. The average Bonchev–Trinajstić information content (AvgIpc) is 2.77. The van der Waals surface area contributed by atoms with Gasteiger partial charge in [-0.2, -0.15) is 0 Å². The first-order valence-electron chi connectivity index (χ1n) is 10.8. The lowest BCUT2D eigenvalue weighted by Gasteiger charge is -2.32. The van der Waals surface area contributed by atoms with Gasteiger partial charge >= 0.3 is 0 Å². The number of alkyl halides is 1. The summed E-state index contributed by atoms with van der Waals surface area (Å²) >= 11 is 3.48. The largest absolute Gasteiger partial charge is 0.369 e. The maximum atomic E-state index is 13.3. The fourth-order valence-electron chi connectivity index (χ4n) is 4.00. The Balaban J connectivity index is 1.56. The van der Waals surface area contributed by atoms with Crippen molar-refractivity contribution in [1.82, 2.24) is 19.8 Å². The second kappa shape index (κ2) is 10.0. The number of para-hydroxylation sites is 1. The molecule has 1 fully saturated rings. The van der Waals surface area contributed by atoms with Crippen molar-refractivity contribution in [3.05, 3.63) is 52.0 Å². The van der Waals surface area contributed by atoms with Gasteiger partial charge < -0.3 is 15.1 Å². The summed E-state index contributed by atoms with van der Waals surface area (Å²) in [6, 6.07) is 11.7. The molecule has 0 aliphatic carbocycles. The molecule has 2 heterocycles. The van der Waals surface area contributed by atoms with Gasteiger partial charge in [-0.15, -0.1) is 0 Å². The first-order chi connectivity index (χ1) is 15.0. The van der Waals surface area contributed by atoms with Crippen LogP contribution in [0.4, 0.5) is 10.2 Å². The van der Waals surface area contributed by atoms with Crippen molar-refractivity contribution in [1.29, 1.82) is 0 Å². The Hall–Kier alpha value is -2.09. The molecule has 4 rings (SSSR count). The first kappa shape index (κ1) is 22.1. The molecule has 2 aromatic carbocycles. The lowest BCUT2D eigenvalue weighted by Crippen LogP contribution is -2.44. The first-order valence-corrected chi connectivity index (χ1v) is 11.6. The van der Waals surface area contributed by atoms with Crippen LogP contribution in [0.25, 0.3) is 22.3 Å². The van der Waals surface area contributed by atoms with Gasteiger partial charge in [-0.05, 0) is 62.3 Å². The summed E-state index contributed by atoms with van der Waals surface area (Å²) in [5.41, 5.74) is 3.45. The van der Waals surface area contributed by atoms with E-state index in [4.69, 9.17) is 9.97 Å². The van der Waals surface area contributed by atoms with Gasteiger partial charge in [0.25, 0.3) is 0 Å². The second-order valence-corrected chi connectivity index (χ2v) is 9.19. The number of hydrogen-bond donors (Lipinski definition) is 1. The summed E-state index contributed by atoms with van der Waals surface area (Å²) in [6.07, 6.45) is 1.05. The van der Waals surface area contributed by atoms with Gasteiger partial charge in [-0.1, -0.05) is 28.1 Å². The molecule has 1 aliphatic heterocycles. The van der Waals surface area contributed by atoms with Crippen LogP contribution in [-0.4, -0.2) is 66.1 Å². The molecule has 0 saturated carbocycles. The second-order valence-electron chi connectivity index (χ2n) is 8.27. The number of hydrogen-bond acceptors (Lipinski definition) is 5. The van der Waals surface area contributed by atoms with Crippen LogP contribution in [0.15, 0.2) is 40.9 Å². The van der Waals surface area contributed by atoms with E-state index in [-0.39, 0.29) is 0 Å². The lowest BCUT2D eigenvalue weighted by atomic mass is 10.1. The number of benzene rings is 2. The Morgan fingerprint density at radius 3 is 2.68 bits per heavy atom. The van der Waals surface area contributed by atoms with Gasteiger partial charge in [0.15, 0.2) is 5.82 Å². The molecule has 5 nitrogen and oxygen atoms in total. The number of rotatable bonds is 7. The lowest BCUT2D eigenvalue weighted by molar-refractivity contribution is 0.154. The van der Waals surface area contributed by atoms with Gasteiger partial charge in [0.1, 0.15) is 12.5 Å². The third kappa shape index (κ3) is 5.40. The number of piperazine rings is 1. The smallest absolute Gasteiger partial charge is 0.162 e. The van der Waals surface area contributed by atoms with Crippen LogP contribution in [0.2, 0.25) is 0 Å². The van der Waals surface area contributed by atoms with E-state index in [0.717, 1.165) is 78.0 Å². The number of aromatic nitrogens is 2. The van der Waals surface area contributed by atoms with E-state index in [2.05, 4.69) is 57.2 Å². The molecular weight excluding hydrogens is 457 g/mol. The van der Waals surface area contributed by atoms with Crippen molar-refractivity contribution in [2.45, 2.75) is 20.0 Å². The molecule has 1 N–H and O–H groups in total. The Morgan fingerprint density at radius 1 is 1.10 bits per heavy atom. The highest BCUT2D eigenvalue weighted by Gasteiger charge is 2.14. The van der Waals surface area contributed by atoms with Gasteiger partial charge in [-0.25, -0.2) is 14.4 Å². The van der Waals surface area contributed by atoms with Gasteiger partial charge in [0.2, 0.25) is 0 Å². The van der Waals surface area contributed by atoms with E-state index in [1.807, 2.05) is 18.2 Å². The van der Waals surface area contributed by atoms with E-state index in [1.54, 1.807) is 6.07 Å². The van der Waals surface area contributed by atoms with Crippen LogP contribution in [0.5, 0.6) is 0 Å². The normalized spacial score (nSPS) is 15.5. The average molecular weight is 486 g/mol. The van der Waals surface area contributed by atoms with Gasteiger partial charge in [-0.3, -0.25) is 0 Å². The minimum absolute atomic E-state index is 0.517. The topological polar surface area (TPSA) is 44.3 Å². The molecule has 1 aromatic heterocycles. The maximum absolute atomic E-state index is 13.3. The van der Waals surface area contributed by atoms with Gasteiger partial charge in [0, 0.05) is 48.1 Å². The third-order valence-corrected chi connectivity index (χ3v) is 6.30. The highest BCUT2D eigenvalue weighted by atomic mass is 79.9. The van der Waals surface area contributed by atoms with Crippen molar-refractivity contribution >= 4 is 32.7 Å². The zero-order chi connectivity index (χ0) is 21.8. The van der Waals surface area contributed by atoms with E-state index in [1.165, 1.54) is 0 Å². The molecule has 31 heavy (non-hydrogen) atoms. The number of nitrogens with one attached hydrogen (secondary N) is 1. The van der Waals surface area contributed by atoms with Crippen molar-refractivity contribution < 1.29 is 4.39 Å². The van der Waals surface area contributed by atoms with Crippen LogP contribution in [0.3, 0.4) is 0 Å². The zero-order valence-electron chi connectivity index (χ0n) is 18.2. The molecule has 0 spiro atoms. The summed E-state index contributed by atoms with van der Waals surface area (Å²) in [5.74, 6) is 1.45. The summed E-state index contributed by atoms with van der Waals surface area (Å²) in [6.45, 7) is 8.02. The molecule has 164 valence electrons. The summed E-state index contributed by atoms with van der Waals surface area (Å²) < 4.78 is 14.1. The van der Waals surface area contributed by atoms with E-state index >= 15 is 0 Å². The number of anilines is 1. The molecule has 0 amide bonds. The van der Waals surface area contributed by atoms with Crippen molar-refractivity contribution in [3.8, 4) is 11.4 Å². The third-order valence-electron chi connectivity index (χ3n) is 5.84. The Kier molecular flexibility index (Phi) is 7.15. The minimum Gasteiger partial charge on any atom is -0.369 e. The molecule has 1 aliphatic rings. The molecule has 0 atom stereocenters. The standard InChI is InChI=1S/C24H29BrFN5/c1-17-5-3-6-21-22(17)28-23(19-13-18(16-26)14-20(25)15-19)29-24(21)27-7-4-8-31-11-9-30(2)10-12-31/h3,5-6,13-15H,4,7-12,16H2,1-2H3,(H,27,28,29). The highest BCUT2D eigenvalue weighted by Crippen LogP contribution is 2.29. The van der Waals surface area contributed by atoms with E-state index in [9.17, 15) is 4.39 Å². The van der Waals surface area contributed by atoms with Crippen LogP contribution < -0.4 is 5.32 Å². The van der Waals surface area contributed by atoms with E-state index < -0.39 is 6.67 Å². The minimum atomic E-state index is -0.517. The van der Waals surface area contributed by atoms with Gasteiger partial charge in [0.05, 0.1) is 5.52 Å². The molecule has 3 aromatic rings. The van der Waals surface area contributed by atoms with Crippen molar-refractivity contribution in [2.75, 3.05) is 51.6 Å². The highest BCUT2D eigenvalue weighted by molar-refractivity contribution is 9.10. The molecule has 0 bridgehead atoms. The summed E-state index contributed by atoms with van der Waals surface area (Å²) in [7, 11) is 2.18. The van der Waals surface area contributed by atoms with Crippen molar-refractivity contribution in [3.63, 3.8) is 0 Å². The van der Waals surface area contributed by atoms with E-state index in [0.29, 0.717) is 11.4 Å². The predicted molar refractivity (Wildman–Crippen MR) is 129 cm³/mol. The number of nitrogens with zero attached hydrogens (tertiary/aromatic N) is 4.